The van der Waals surface area contributed by atoms with Gasteiger partial charge in [0.2, 0.25) is 0 Å². The monoisotopic (exact) mass is 351 g/mol. The van der Waals surface area contributed by atoms with Crippen molar-refractivity contribution in [1.29, 1.82) is 0 Å². The van der Waals surface area contributed by atoms with E-state index in [-0.39, 0.29) is 0 Å². The predicted octanol–water partition coefficient (Wildman–Crippen LogP) is 6.89. The number of nitrogens with one attached hydrogen (secondary N) is 1. The molecule has 0 aliphatic heterocycles. The smallest absolute Gasteiger partial charge is 0.0461 e. The third kappa shape index (κ3) is 1.96. The maximum absolute atomic E-state index is 3.56. The number of hydrogen-bond donors (Lipinski definition) is 1. The Morgan fingerprint density at radius 3 is 2.58 bits per heavy atom. The van der Waals surface area contributed by atoms with Crippen LogP contribution in [0.2, 0.25) is 0 Å². The number of allylic oxidation sites excluding steroid dienone is 1. The molecule has 0 saturated carbocycles. The average Bonchev–Trinajstić information content (AvgIpc) is 3.25. The van der Waals surface area contributed by atoms with E-state index in [0.717, 1.165) is 6.42 Å². The first-order valence-corrected chi connectivity index (χ1v) is 9.88. The van der Waals surface area contributed by atoms with Crippen LogP contribution in [0.15, 0.2) is 72.8 Å². The summed E-state index contributed by atoms with van der Waals surface area (Å²) in [4.78, 5) is 3.56. The Hall–Kier alpha value is -2.84. The van der Waals surface area contributed by atoms with E-state index in [1.54, 1.807) is 0 Å². The summed E-state index contributed by atoms with van der Waals surface area (Å²) in [6.07, 6.45) is 5.70. The minimum atomic E-state index is 0.429. The summed E-state index contributed by atoms with van der Waals surface area (Å²) in [6.45, 7) is 0. The lowest BCUT2D eigenvalue weighted by Gasteiger charge is -2.18. The van der Waals surface area contributed by atoms with Crippen LogP contribution in [-0.2, 0) is 6.42 Å². The van der Waals surface area contributed by atoms with Gasteiger partial charge in [0, 0.05) is 42.7 Å². The zero-order chi connectivity index (χ0) is 17.1. The lowest BCUT2D eigenvalue weighted by atomic mass is 9.86. The van der Waals surface area contributed by atoms with Crippen molar-refractivity contribution < 1.29 is 0 Å². The summed E-state index contributed by atoms with van der Waals surface area (Å²) in [7, 11) is 0. The van der Waals surface area contributed by atoms with Crippen LogP contribution in [0.4, 0.5) is 0 Å². The minimum Gasteiger partial charge on any atom is -0.355 e. The Kier molecular flexibility index (Phi) is 2.94. The van der Waals surface area contributed by atoms with E-state index in [1.807, 2.05) is 11.3 Å². The second-order valence-corrected chi connectivity index (χ2v) is 8.11. The molecule has 0 fully saturated rings. The zero-order valence-corrected chi connectivity index (χ0v) is 15.0. The van der Waals surface area contributed by atoms with Crippen molar-refractivity contribution in [2.24, 2.45) is 0 Å². The highest BCUT2D eigenvalue weighted by Crippen LogP contribution is 2.41. The van der Waals surface area contributed by atoms with E-state index >= 15 is 0 Å². The number of aromatic nitrogens is 1. The Balaban J connectivity index is 1.54. The summed E-state index contributed by atoms with van der Waals surface area (Å²) in [5.74, 6) is 0.429. The molecule has 0 bridgehead atoms. The van der Waals surface area contributed by atoms with Crippen molar-refractivity contribution in [1.82, 2.24) is 4.98 Å². The number of hydrogen-bond acceptors (Lipinski definition) is 1. The fraction of sp³-hybridized carbons (Fsp3) is 0.0833. The van der Waals surface area contributed by atoms with Crippen molar-refractivity contribution in [3.05, 3.63) is 89.6 Å². The van der Waals surface area contributed by atoms with Crippen molar-refractivity contribution in [2.45, 2.75) is 12.3 Å². The van der Waals surface area contributed by atoms with Crippen LogP contribution in [0.3, 0.4) is 0 Å². The van der Waals surface area contributed by atoms with Gasteiger partial charge in [0.05, 0.1) is 0 Å². The number of fused-ring (bicyclic) bond motifs is 6. The first-order chi connectivity index (χ1) is 12.9. The first kappa shape index (κ1) is 14.3. The number of H-pyrrole nitrogens is 1. The summed E-state index contributed by atoms with van der Waals surface area (Å²) in [5.41, 5.74) is 5.41. The van der Waals surface area contributed by atoms with Gasteiger partial charge >= 0.3 is 0 Å². The summed E-state index contributed by atoms with van der Waals surface area (Å²) in [5, 5.41) is 4.13. The van der Waals surface area contributed by atoms with E-state index < -0.39 is 0 Å². The highest BCUT2D eigenvalue weighted by atomic mass is 32.1. The molecular formula is C24H17NS. The first-order valence-electron chi connectivity index (χ1n) is 9.06. The molecule has 3 aromatic carbocycles. The molecule has 1 nitrogen and oxygen atoms in total. The van der Waals surface area contributed by atoms with Gasteiger partial charge in [-0.15, -0.1) is 11.3 Å². The molecule has 2 heterocycles. The summed E-state index contributed by atoms with van der Waals surface area (Å²) >= 11 is 1.93. The lowest BCUT2D eigenvalue weighted by Crippen LogP contribution is -2.04. The number of thiophene rings is 1. The topological polar surface area (TPSA) is 15.8 Å². The maximum Gasteiger partial charge on any atom is 0.0461 e. The molecule has 26 heavy (non-hydrogen) atoms. The molecule has 2 heteroatoms. The third-order valence-electron chi connectivity index (χ3n) is 5.60. The number of rotatable bonds is 1. The van der Waals surface area contributed by atoms with E-state index in [0.29, 0.717) is 5.92 Å². The molecular weight excluding hydrogens is 334 g/mol. The Morgan fingerprint density at radius 2 is 1.62 bits per heavy atom. The van der Waals surface area contributed by atoms with Gasteiger partial charge in [-0.1, -0.05) is 60.7 Å². The predicted molar refractivity (Wildman–Crippen MR) is 113 cm³/mol. The van der Waals surface area contributed by atoms with Crippen LogP contribution in [-0.4, -0.2) is 4.98 Å². The van der Waals surface area contributed by atoms with E-state index in [1.165, 1.54) is 47.9 Å². The van der Waals surface area contributed by atoms with Crippen molar-refractivity contribution in [2.75, 3.05) is 0 Å². The Labute approximate surface area is 155 Å². The zero-order valence-electron chi connectivity index (χ0n) is 14.2. The molecule has 1 aliphatic rings. The van der Waals surface area contributed by atoms with Crippen molar-refractivity contribution in [3.63, 3.8) is 0 Å². The Morgan fingerprint density at radius 1 is 0.808 bits per heavy atom. The van der Waals surface area contributed by atoms with Gasteiger partial charge in [-0.25, -0.2) is 0 Å². The fourth-order valence-electron chi connectivity index (χ4n) is 4.36. The Bertz CT molecular complexity index is 1320. The quantitative estimate of drug-likeness (QED) is 0.338. The largest absolute Gasteiger partial charge is 0.355 e. The second-order valence-electron chi connectivity index (χ2n) is 7.05. The molecule has 1 aliphatic carbocycles. The second kappa shape index (κ2) is 5.33. The highest BCUT2D eigenvalue weighted by Gasteiger charge is 2.22. The molecule has 1 atom stereocenters. The lowest BCUT2D eigenvalue weighted by molar-refractivity contribution is 0.840. The summed E-state index contributed by atoms with van der Waals surface area (Å²) in [6, 6.07) is 24.2. The van der Waals surface area contributed by atoms with E-state index in [4.69, 9.17) is 0 Å². The van der Waals surface area contributed by atoms with Crippen LogP contribution in [0.5, 0.6) is 0 Å². The number of benzene rings is 3. The highest BCUT2D eigenvalue weighted by molar-refractivity contribution is 7.26. The molecule has 124 valence electrons. The van der Waals surface area contributed by atoms with Crippen LogP contribution in [0.1, 0.15) is 22.7 Å². The molecule has 1 N–H and O–H groups in total. The SMILES string of the molecule is C1=CC(c2cccc3c2sc2ccccc23)Cc2c1[nH]c1ccccc21. The molecule has 0 spiro atoms. The normalized spacial score (nSPS) is 16.5. The average molecular weight is 351 g/mol. The minimum absolute atomic E-state index is 0.429. The molecule has 0 saturated heterocycles. The molecule has 0 radical (unpaired) electrons. The van der Waals surface area contributed by atoms with Crippen molar-refractivity contribution >= 4 is 48.5 Å². The third-order valence-corrected chi connectivity index (χ3v) is 6.84. The van der Waals surface area contributed by atoms with E-state index in [9.17, 15) is 0 Å². The van der Waals surface area contributed by atoms with Crippen LogP contribution in [0.25, 0.3) is 37.2 Å². The molecule has 0 amide bonds. The van der Waals surface area contributed by atoms with Gasteiger partial charge in [0.15, 0.2) is 0 Å². The maximum atomic E-state index is 3.56. The van der Waals surface area contributed by atoms with Crippen LogP contribution < -0.4 is 0 Å². The van der Waals surface area contributed by atoms with Gasteiger partial charge in [-0.2, -0.15) is 0 Å². The van der Waals surface area contributed by atoms with Crippen LogP contribution >= 0.6 is 11.3 Å². The van der Waals surface area contributed by atoms with Gasteiger partial charge in [-0.3, -0.25) is 0 Å². The molecule has 1 unspecified atom stereocenters. The van der Waals surface area contributed by atoms with Gasteiger partial charge in [0.1, 0.15) is 0 Å². The standard InChI is InChI=1S/C24H17NS/c1-3-10-21-17(6-1)20-14-15(12-13-22(20)25-21)16-8-5-9-19-18-7-2-4-11-23(18)26-24(16)19/h1-13,15,25H,14H2. The molecule has 6 rings (SSSR count). The fourth-order valence-corrected chi connectivity index (χ4v) is 5.64. The van der Waals surface area contributed by atoms with Gasteiger partial charge in [-0.05, 0) is 35.8 Å². The number of para-hydroxylation sites is 1. The van der Waals surface area contributed by atoms with Crippen molar-refractivity contribution in [3.8, 4) is 0 Å². The van der Waals surface area contributed by atoms with Gasteiger partial charge in [0.25, 0.3) is 0 Å². The summed E-state index contributed by atoms with van der Waals surface area (Å²) < 4.78 is 2.81. The van der Waals surface area contributed by atoms with E-state index in [2.05, 4.69) is 83.9 Å². The molecule has 5 aromatic rings. The van der Waals surface area contributed by atoms with Crippen LogP contribution in [0, 0.1) is 0 Å². The molecule has 2 aromatic heterocycles. The van der Waals surface area contributed by atoms with Gasteiger partial charge < -0.3 is 4.98 Å². The number of aromatic amines is 1.